The maximum absolute atomic E-state index is 6.13. The second-order valence-corrected chi connectivity index (χ2v) is 6.08. The van der Waals surface area contributed by atoms with Gasteiger partial charge in [-0.1, -0.05) is 36.4 Å². The number of benzene rings is 3. The summed E-state index contributed by atoms with van der Waals surface area (Å²) in [6.45, 7) is 0.447. The number of nitrogens with one attached hydrogen (secondary N) is 1. The molecule has 136 valence electrons. The lowest BCUT2D eigenvalue weighted by atomic mass is 10.1. The number of hydrogen-bond acceptors (Lipinski definition) is 4. The number of para-hydroxylation sites is 1. The first-order valence-electron chi connectivity index (χ1n) is 8.66. The van der Waals surface area contributed by atoms with Crippen molar-refractivity contribution in [3.05, 3.63) is 72.3 Å². The number of rotatable bonds is 6. The third-order valence-corrected chi connectivity index (χ3v) is 4.37. The molecule has 5 nitrogen and oxygen atoms in total. The molecule has 0 amide bonds. The molecule has 1 N–H and O–H groups in total. The van der Waals surface area contributed by atoms with E-state index in [0.29, 0.717) is 18.1 Å². The summed E-state index contributed by atoms with van der Waals surface area (Å²) in [6.07, 6.45) is 0. The summed E-state index contributed by atoms with van der Waals surface area (Å²) in [5.41, 5.74) is 3.70. The van der Waals surface area contributed by atoms with E-state index in [9.17, 15) is 0 Å². The highest BCUT2D eigenvalue weighted by atomic mass is 16.5. The van der Waals surface area contributed by atoms with E-state index in [4.69, 9.17) is 19.2 Å². The molecular weight excluding hydrogens is 340 g/mol. The fourth-order valence-electron chi connectivity index (χ4n) is 2.98. The van der Waals surface area contributed by atoms with Gasteiger partial charge in [-0.2, -0.15) is 0 Å². The fourth-order valence-corrected chi connectivity index (χ4v) is 2.98. The predicted molar refractivity (Wildman–Crippen MR) is 105 cm³/mol. The van der Waals surface area contributed by atoms with E-state index in [-0.39, 0.29) is 0 Å². The molecule has 0 atom stereocenters. The van der Waals surface area contributed by atoms with E-state index >= 15 is 0 Å². The summed E-state index contributed by atoms with van der Waals surface area (Å²) >= 11 is 0. The average molecular weight is 360 g/mol. The number of nitrogens with zero attached hydrogens (tertiary/aromatic N) is 1. The summed E-state index contributed by atoms with van der Waals surface area (Å²) in [7, 11) is 3.29. The third-order valence-electron chi connectivity index (χ3n) is 4.37. The minimum Gasteiger partial charge on any atom is -0.497 e. The number of fused-ring (bicyclic) bond motifs is 1. The molecule has 0 saturated carbocycles. The van der Waals surface area contributed by atoms with E-state index in [2.05, 4.69) is 4.98 Å². The molecule has 0 spiro atoms. The van der Waals surface area contributed by atoms with Gasteiger partial charge in [0.1, 0.15) is 18.2 Å². The van der Waals surface area contributed by atoms with Crippen LogP contribution in [0.2, 0.25) is 0 Å². The zero-order valence-corrected chi connectivity index (χ0v) is 15.2. The molecule has 0 radical (unpaired) electrons. The van der Waals surface area contributed by atoms with E-state index in [1.165, 1.54) is 0 Å². The number of ether oxygens (including phenoxy) is 3. The first kappa shape index (κ1) is 17.0. The van der Waals surface area contributed by atoms with Crippen LogP contribution in [0.3, 0.4) is 0 Å². The highest BCUT2D eigenvalue weighted by Gasteiger charge is 2.16. The van der Waals surface area contributed by atoms with Crippen molar-refractivity contribution >= 4 is 11.0 Å². The third kappa shape index (κ3) is 3.44. The zero-order valence-electron chi connectivity index (χ0n) is 15.2. The Bertz CT molecular complexity index is 1060. The second-order valence-electron chi connectivity index (χ2n) is 6.08. The van der Waals surface area contributed by atoms with Crippen LogP contribution in [0.5, 0.6) is 17.2 Å². The molecule has 27 heavy (non-hydrogen) atoms. The van der Waals surface area contributed by atoms with Crippen molar-refractivity contribution in [2.24, 2.45) is 0 Å². The van der Waals surface area contributed by atoms with Gasteiger partial charge < -0.3 is 19.2 Å². The zero-order chi connectivity index (χ0) is 18.6. The van der Waals surface area contributed by atoms with Gasteiger partial charge in [-0.05, 0) is 29.8 Å². The molecule has 4 aromatic rings. The summed E-state index contributed by atoms with van der Waals surface area (Å²) in [4.78, 5) is 8.05. The van der Waals surface area contributed by atoms with Gasteiger partial charge >= 0.3 is 0 Å². The summed E-state index contributed by atoms with van der Waals surface area (Å²) in [5.74, 6) is 2.83. The van der Waals surface area contributed by atoms with E-state index < -0.39 is 0 Å². The van der Waals surface area contributed by atoms with Gasteiger partial charge in [0.15, 0.2) is 11.5 Å². The molecule has 1 aromatic heterocycles. The Kier molecular flexibility index (Phi) is 4.66. The van der Waals surface area contributed by atoms with Crippen LogP contribution in [0.25, 0.3) is 22.4 Å². The van der Waals surface area contributed by atoms with Gasteiger partial charge in [0.2, 0.25) is 0 Å². The molecule has 0 unspecified atom stereocenters. The SMILES string of the molecule is COc1ccc2nc(-c3cccc(OC)c3OCc3ccccc3)[nH]c2c1. The second kappa shape index (κ2) is 7.41. The highest BCUT2D eigenvalue weighted by molar-refractivity contribution is 5.82. The number of H-pyrrole nitrogens is 1. The van der Waals surface area contributed by atoms with Gasteiger partial charge in [-0.15, -0.1) is 0 Å². The van der Waals surface area contributed by atoms with Crippen molar-refractivity contribution in [3.8, 4) is 28.6 Å². The van der Waals surface area contributed by atoms with Crippen LogP contribution in [0.4, 0.5) is 0 Å². The summed E-state index contributed by atoms with van der Waals surface area (Å²) < 4.78 is 16.9. The molecular formula is C22H20N2O3. The normalized spacial score (nSPS) is 10.7. The van der Waals surface area contributed by atoms with Crippen molar-refractivity contribution in [2.45, 2.75) is 6.61 Å². The molecule has 0 aliphatic heterocycles. The van der Waals surface area contributed by atoms with Crippen LogP contribution >= 0.6 is 0 Å². The van der Waals surface area contributed by atoms with E-state index in [1.54, 1.807) is 14.2 Å². The Morgan fingerprint density at radius 2 is 1.74 bits per heavy atom. The molecule has 0 saturated heterocycles. The first-order valence-corrected chi connectivity index (χ1v) is 8.66. The molecule has 1 heterocycles. The smallest absolute Gasteiger partial charge is 0.172 e. The first-order chi connectivity index (χ1) is 13.3. The molecule has 3 aromatic carbocycles. The molecule has 0 aliphatic rings. The molecule has 0 aliphatic carbocycles. The minimum absolute atomic E-state index is 0.447. The lowest BCUT2D eigenvalue weighted by Crippen LogP contribution is -2.00. The monoisotopic (exact) mass is 360 g/mol. The number of methoxy groups -OCH3 is 2. The Balaban J connectivity index is 1.73. The van der Waals surface area contributed by atoms with Gasteiger partial charge in [0.25, 0.3) is 0 Å². The van der Waals surface area contributed by atoms with Crippen LogP contribution in [-0.4, -0.2) is 24.2 Å². The maximum Gasteiger partial charge on any atom is 0.172 e. The Hall–Kier alpha value is -3.47. The molecule has 5 heteroatoms. The predicted octanol–water partition coefficient (Wildman–Crippen LogP) is 4.83. The van der Waals surface area contributed by atoms with Gasteiger partial charge in [0, 0.05) is 6.07 Å². The summed E-state index contributed by atoms with van der Waals surface area (Å²) in [5, 5.41) is 0. The van der Waals surface area contributed by atoms with Gasteiger partial charge in [0.05, 0.1) is 30.8 Å². The topological polar surface area (TPSA) is 56.4 Å². The van der Waals surface area contributed by atoms with Crippen LogP contribution in [0.1, 0.15) is 5.56 Å². The van der Waals surface area contributed by atoms with E-state index in [0.717, 1.165) is 33.7 Å². The molecule has 0 fully saturated rings. The average Bonchev–Trinajstić information content (AvgIpc) is 3.15. The number of hydrogen-bond donors (Lipinski definition) is 1. The maximum atomic E-state index is 6.13. The van der Waals surface area contributed by atoms with Crippen LogP contribution in [0.15, 0.2) is 66.7 Å². The lowest BCUT2D eigenvalue weighted by Gasteiger charge is -2.14. The van der Waals surface area contributed by atoms with Gasteiger partial charge in [-0.3, -0.25) is 0 Å². The standard InChI is InChI=1S/C22H20N2O3/c1-25-16-11-12-18-19(13-16)24-22(23-18)17-9-6-10-20(26-2)21(17)27-14-15-7-4-3-5-8-15/h3-13H,14H2,1-2H3,(H,23,24). The number of aromatic nitrogens is 2. The fraction of sp³-hybridized carbons (Fsp3) is 0.136. The summed E-state index contributed by atoms with van der Waals surface area (Å²) in [6, 6.07) is 21.6. The van der Waals surface area contributed by atoms with Crippen molar-refractivity contribution in [3.63, 3.8) is 0 Å². The van der Waals surface area contributed by atoms with Crippen molar-refractivity contribution in [1.29, 1.82) is 0 Å². The van der Waals surface area contributed by atoms with Gasteiger partial charge in [-0.25, -0.2) is 4.98 Å². The van der Waals surface area contributed by atoms with E-state index in [1.807, 2.05) is 66.7 Å². The number of aromatic amines is 1. The largest absolute Gasteiger partial charge is 0.497 e. The minimum atomic E-state index is 0.447. The number of imidazole rings is 1. The lowest BCUT2D eigenvalue weighted by molar-refractivity contribution is 0.285. The Morgan fingerprint density at radius 3 is 2.52 bits per heavy atom. The van der Waals surface area contributed by atoms with Crippen molar-refractivity contribution < 1.29 is 14.2 Å². The Morgan fingerprint density at radius 1 is 0.889 bits per heavy atom. The van der Waals surface area contributed by atoms with Crippen molar-refractivity contribution in [1.82, 2.24) is 9.97 Å². The molecule has 0 bridgehead atoms. The molecule has 4 rings (SSSR count). The van der Waals surface area contributed by atoms with Crippen LogP contribution < -0.4 is 14.2 Å². The van der Waals surface area contributed by atoms with Crippen LogP contribution in [-0.2, 0) is 6.61 Å². The Labute approximate surface area is 157 Å². The van der Waals surface area contributed by atoms with Crippen molar-refractivity contribution in [2.75, 3.05) is 14.2 Å². The van der Waals surface area contributed by atoms with Crippen LogP contribution in [0, 0.1) is 0 Å². The highest BCUT2D eigenvalue weighted by Crippen LogP contribution is 2.38. The quantitative estimate of drug-likeness (QED) is 0.535.